The Morgan fingerprint density at radius 2 is 1.95 bits per heavy atom. The summed E-state index contributed by atoms with van der Waals surface area (Å²) >= 11 is 7.64. The van der Waals surface area contributed by atoms with Crippen LogP contribution in [0.25, 0.3) is 0 Å². The number of aromatic nitrogens is 3. The summed E-state index contributed by atoms with van der Waals surface area (Å²) < 4.78 is 0. The van der Waals surface area contributed by atoms with Crippen molar-refractivity contribution in [1.29, 1.82) is 0 Å². The third-order valence-corrected chi connectivity index (χ3v) is 4.44. The molecule has 0 aliphatic carbocycles. The van der Waals surface area contributed by atoms with Gasteiger partial charge >= 0.3 is 0 Å². The van der Waals surface area contributed by atoms with E-state index in [1.807, 2.05) is 11.6 Å². The molecule has 0 saturated carbocycles. The van der Waals surface area contributed by atoms with Gasteiger partial charge in [0.05, 0.1) is 11.2 Å². The Kier molecular flexibility index (Phi) is 7.60. The van der Waals surface area contributed by atoms with E-state index in [0.29, 0.717) is 5.15 Å². The number of rotatable bonds is 10. The minimum atomic E-state index is 0.495. The molecule has 4 nitrogen and oxygen atoms in total. The van der Waals surface area contributed by atoms with Gasteiger partial charge in [-0.15, -0.1) is 11.3 Å². The van der Waals surface area contributed by atoms with Gasteiger partial charge in [-0.3, -0.25) is 0 Å². The van der Waals surface area contributed by atoms with Crippen molar-refractivity contribution in [3.05, 3.63) is 34.1 Å². The minimum Gasteiger partial charge on any atom is -0.356 e. The predicted molar refractivity (Wildman–Crippen MR) is 93.8 cm³/mol. The molecule has 0 bridgehead atoms. The summed E-state index contributed by atoms with van der Waals surface area (Å²) in [6, 6.07) is 1.84. The smallest absolute Gasteiger partial charge is 0.134 e. The second-order valence-corrected chi connectivity index (χ2v) is 6.44. The molecule has 0 aromatic carbocycles. The summed E-state index contributed by atoms with van der Waals surface area (Å²) in [5.74, 6) is 0.908. The second kappa shape index (κ2) is 9.74. The zero-order valence-corrected chi connectivity index (χ0v) is 14.6. The molecule has 2 aromatic rings. The third kappa shape index (κ3) is 5.89. The summed E-state index contributed by atoms with van der Waals surface area (Å²) in [4.78, 5) is 15.0. The largest absolute Gasteiger partial charge is 0.356 e. The third-order valence-electron chi connectivity index (χ3n) is 3.60. The highest BCUT2D eigenvalue weighted by Crippen LogP contribution is 2.16. The number of anilines is 1. The van der Waals surface area contributed by atoms with Crippen LogP contribution in [0, 0.1) is 0 Å². The van der Waals surface area contributed by atoms with Gasteiger partial charge < -0.3 is 4.90 Å². The van der Waals surface area contributed by atoms with Crippen molar-refractivity contribution >= 4 is 28.8 Å². The molecule has 2 rings (SSSR count). The summed E-state index contributed by atoms with van der Waals surface area (Å²) in [5.41, 5.74) is 3.02. The molecular weight excluding hydrogens is 316 g/mol. The Morgan fingerprint density at radius 1 is 1.09 bits per heavy atom. The Labute approximate surface area is 141 Å². The zero-order valence-electron chi connectivity index (χ0n) is 13.0. The van der Waals surface area contributed by atoms with E-state index in [4.69, 9.17) is 11.6 Å². The monoisotopic (exact) mass is 338 g/mol. The number of unbranched alkanes of at least 4 members (excludes halogenated alkanes) is 4. The predicted octanol–water partition coefficient (Wildman–Crippen LogP) is 4.61. The normalized spacial score (nSPS) is 10.8. The van der Waals surface area contributed by atoms with Gasteiger partial charge in [0.25, 0.3) is 0 Å². The number of nitrogens with zero attached hydrogens (tertiary/aromatic N) is 4. The molecule has 0 aliphatic rings. The van der Waals surface area contributed by atoms with Gasteiger partial charge in [-0.05, 0) is 6.42 Å². The van der Waals surface area contributed by atoms with Gasteiger partial charge in [-0.2, -0.15) is 0 Å². The lowest BCUT2D eigenvalue weighted by molar-refractivity contribution is 0.614. The molecule has 22 heavy (non-hydrogen) atoms. The maximum Gasteiger partial charge on any atom is 0.134 e. The van der Waals surface area contributed by atoms with Crippen molar-refractivity contribution < 1.29 is 0 Å². The van der Waals surface area contributed by atoms with E-state index in [9.17, 15) is 0 Å². The van der Waals surface area contributed by atoms with E-state index in [1.54, 1.807) is 11.3 Å². The maximum atomic E-state index is 6.00. The van der Waals surface area contributed by atoms with Crippen LogP contribution in [0.5, 0.6) is 0 Å². The highest BCUT2D eigenvalue weighted by Gasteiger charge is 2.09. The van der Waals surface area contributed by atoms with E-state index < -0.39 is 0 Å². The lowest BCUT2D eigenvalue weighted by Crippen LogP contribution is -2.28. The van der Waals surface area contributed by atoms with E-state index >= 15 is 0 Å². The quantitative estimate of drug-likeness (QED) is 0.468. The highest BCUT2D eigenvalue weighted by atomic mass is 35.5. The first kappa shape index (κ1) is 17.2. The molecule has 0 fully saturated rings. The van der Waals surface area contributed by atoms with Crippen LogP contribution in [0.1, 0.15) is 44.7 Å². The summed E-state index contributed by atoms with van der Waals surface area (Å²) in [6.45, 7) is 4.15. The average molecular weight is 339 g/mol. The first-order valence-corrected chi connectivity index (χ1v) is 9.21. The average Bonchev–Trinajstić information content (AvgIpc) is 3.03. The molecule has 2 aromatic heterocycles. The van der Waals surface area contributed by atoms with Gasteiger partial charge in [-0.25, -0.2) is 15.0 Å². The van der Waals surface area contributed by atoms with E-state index in [1.165, 1.54) is 38.4 Å². The Balaban J connectivity index is 1.91. The number of hydrogen-bond acceptors (Lipinski definition) is 5. The van der Waals surface area contributed by atoms with E-state index in [2.05, 4.69) is 32.2 Å². The molecule has 2 heterocycles. The number of hydrogen-bond donors (Lipinski definition) is 0. The first-order chi connectivity index (χ1) is 10.8. The van der Waals surface area contributed by atoms with Gasteiger partial charge in [0.1, 0.15) is 17.3 Å². The van der Waals surface area contributed by atoms with Crippen LogP contribution in [0.2, 0.25) is 5.15 Å². The van der Waals surface area contributed by atoms with Crippen LogP contribution in [-0.2, 0) is 6.42 Å². The van der Waals surface area contributed by atoms with Crippen molar-refractivity contribution in [2.75, 3.05) is 18.0 Å². The fraction of sp³-hybridized carbons (Fsp3) is 0.562. The standard InChI is InChI=1S/C16H23ClN4S/c1-2-3-4-5-6-8-21(9-7-14-11-22-13-20-14)16-10-15(17)18-12-19-16/h10-13H,2-9H2,1H3. The maximum absolute atomic E-state index is 6.00. The molecule has 0 aliphatic heterocycles. The van der Waals surface area contributed by atoms with Crippen molar-refractivity contribution in [2.24, 2.45) is 0 Å². The van der Waals surface area contributed by atoms with Gasteiger partial charge in [0.2, 0.25) is 0 Å². The van der Waals surface area contributed by atoms with Crippen LogP contribution in [0.4, 0.5) is 5.82 Å². The number of halogens is 1. The van der Waals surface area contributed by atoms with Gasteiger partial charge in [0.15, 0.2) is 0 Å². The molecular formula is C16H23ClN4S. The molecule has 0 radical (unpaired) electrons. The van der Waals surface area contributed by atoms with Crippen molar-refractivity contribution in [3.63, 3.8) is 0 Å². The highest BCUT2D eigenvalue weighted by molar-refractivity contribution is 7.07. The molecule has 6 heteroatoms. The Morgan fingerprint density at radius 3 is 2.68 bits per heavy atom. The number of thiazole rings is 1. The summed E-state index contributed by atoms with van der Waals surface area (Å²) in [6.07, 6.45) is 8.80. The van der Waals surface area contributed by atoms with Crippen LogP contribution < -0.4 is 4.90 Å². The zero-order chi connectivity index (χ0) is 15.6. The van der Waals surface area contributed by atoms with Crippen LogP contribution in [-0.4, -0.2) is 28.0 Å². The SMILES string of the molecule is CCCCCCCN(CCc1cscn1)c1cc(Cl)ncn1. The van der Waals surface area contributed by atoms with Crippen LogP contribution >= 0.6 is 22.9 Å². The molecule has 0 amide bonds. The summed E-state index contributed by atoms with van der Waals surface area (Å²) in [5, 5.41) is 2.60. The van der Waals surface area contributed by atoms with E-state index in [0.717, 1.165) is 31.0 Å². The molecule has 0 atom stereocenters. The van der Waals surface area contributed by atoms with Crippen LogP contribution in [0.15, 0.2) is 23.3 Å². The van der Waals surface area contributed by atoms with Crippen molar-refractivity contribution in [2.45, 2.75) is 45.4 Å². The topological polar surface area (TPSA) is 41.9 Å². The Bertz CT molecular complexity index is 533. The van der Waals surface area contributed by atoms with Crippen LogP contribution in [0.3, 0.4) is 0 Å². The van der Waals surface area contributed by atoms with Crippen molar-refractivity contribution in [3.8, 4) is 0 Å². The van der Waals surface area contributed by atoms with Gasteiger partial charge in [-0.1, -0.05) is 44.2 Å². The molecule has 0 spiro atoms. The first-order valence-electron chi connectivity index (χ1n) is 7.89. The molecule has 0 saturated heterocycles. The lowest BCUT2D eigenvalue weighted by atomic mass is 10.1. The second-order valence-electron chi connectivity index (χ2n) is 5.33. The Hall–Kier alpha value is -1.20. The van der Waals surface area contributed by atoms with E-state index in [-0.39, 0.29) is 0 Å². The summed E-state index contributed by atoms with van der Waals surface area (Å²) in [7, 11) is 0. The molecule has 0 unspecified atom stereocenters. The minimum absolute atomic E-state index is 0.495. The molecule has 0 N–H and O–H groups in total. The molecule has 120 valence electrons. The fourth-order valence-corrected chi connectivity index (χ4v) is 3.09. The van der Waals surface area contributed by atoms with Crippen molar-refractivity contribution in [1.82, 2.24) is 15.0 Å². The lowest BCUT2D eigenvalue weighted by Gasteiger charge is -2.23. The van der Waals surface area contributed by atoms with Gasteiger partial charge in [0, 0.05) is 31.0 Å². The fourth-order valence-electron chi connectivity index (χ4n) is 2.35.